The molecule has 0 bridgehead atoms. The standard InChI is InChI=1S/C25H20N2O4S/c1-15(23(28)29)27(24-26-21-12-6-7-13-22(21)32-24)25(30)31-14-20-18-10-4-2-8-16(18)17-9-3-5-11-19(17)20/h2-13,15,20H,14H2,1H3,(H,28,29). The summed E-state index contributed by atoms with van der Waals surface area (Å²) in [7, 11) is 0. The molecule has 0 fully saturated rings. The van der Waals surface area contributed by atoms with Crippen molar-refractivity contribution in [1.82, 2.24) is 4.98 Å². The summed E-state index contributed by atoms with van der Waals surface area (Å²) < 4.78 is 6.59. The van der Waals surface area contributed by atoms with Crippen LogP contribution >= 0.6 is 11.3 Å². The quantitative estimate of drug-likeness (QED) is 0.438. The fraction of sp³-hybridized carbons (Fsp3) is 0.160. The highest BCUT2D eigenvalue weighted by Crippen LogP contribution is 2.44. The van der Waals surface area contributed by atoms with Gasteiger partial charge in [0.05, 0.1) is 10.2 Å². The predicted molar refractivity (Wildman–Crippen MR) is 124 cm³/mol. The van der Waals surface area contributed by atoms with Gasteiger partial charge in [-0.05, 0) is 41.3 Å². The molecule has 5 rings (SSSR count). The highest BCUT2D eigenvalue weighted by atomic mass is 32.1. The van der Waals surface area contributed by atoms with Gasteiger partial charge in [0.25, 0.3) is 0 Å². The first-order valence-corrected chi connectivity index (χ1v) is 11.1. The van der Waals surface area contributed by atoms with Crippen LogP contribution in [0.2, 0.25) is 0 Å². The molecule has 6 nitrogen and oxygen atoms in total. The molecule has 0 spiro atoms. The third kappa shape index (κ3) is 3.40. The zero-order valence-corrected chi connectivity index (χ0v) is 18.1. The van der Waals surface area contributed by atoms with Crippen LogP contribution in [-0.4, -0.2) is 34.8 Å². The van der Waals surface area contributed by atoms with Crippen molar-refractivity contribution in [1.29, 1.82) is 0 Å². The molecule has 160 valence electrons. The summed E-state index contributed by atoms with van der Waals surface area (Å²) in [4.78, 5) is 30.5. The fourth-order valence-electron chi connectivity index (χ4n) is 4.14. The van der Waals surface area contributed by atoms with E-state index >= 15 is 0 Å². The molecular weight excluding hydrogens is 424 g/mol. The van der Waals surface area contributed by atoms with Gasteiger partial charge in [0, 0.05) is 5.92 Å². The number of aromatic nitrogens is 1. The molecule has 0 saturated heterocycles. The van der Waals surface area contributed by atoms with E-state index in [1.54, 1.807) is 0 Å². The first kappa shape index (κ1) is 20.2. The number of carbonyl (C=O) groups excluding carboxylic acids is 1. The number of anilines is 1. The zero-order valence-electron chi connectivity index (χ0n) is 17.3. The summed E-state index contributed by atoms with van der Waals surface area (Å²) in [6, 6.07) is 22.5. The zero-order chi connectivity index (χ0) is 22.2. The van der Waals surface area contributed by atoms with Gasteiger partial charge in [-0.15, -0.1) is 0 Å². The third-order valence-corrected chi connectivity index (χ3v) is 6.80. The van der Waals surface area contributed by atoms with E-state index in [2.05, 4.69) is 17.1 Å². The molecule has 0 aliphatic heterocycles. The molecule has 1 aliphatic rings. The van der Waals surface area contributed by atoms with Gasteiger partial charge < -0.3 is 9.84 Å². The summed E-state index contributed by atoms with van der Waals surface area (Å²) >= 11 is 1.27. The Morgan fingerprint density at radius 1 is 1.00 bits per heavy atom. The van der Waals surface area contributed by atoms with Crippen LogP contribution in [-0.2, 0) is 9.53 Å². The molecule has 1 atom stereocenters. The molecule has 0 radical (unpaired) electrons. The van der Waals surface area contributed by atoms with Crippen LogP contribution in [0.1, 0.15) is 24.0 Å². The molecular formula is C25H20N2O4S. The van der Waals surface area contributed by atoms with Crippen molar-refractivity contribution in [3.8, 4) is 11.1 Å². The van der Waals surface area contributed by atoms with Crippen molar-refractivity contribution < 1.29 is 19.4 Å². The Morgan fingerprint density at radius 3 is 2.22 bits per heavy atom. The first-order chi connectivity index (χ1) is 15.5. The number of benzene rings is 3. The molecule has 3 aromatic carbocycles. The van der Waals surface area contributed by atoms with Crippen molar-refractivity contribution in [2.24, 2.45) is 0 Å². The van der Waals surface area contributed by atoms with Crippen LogP contribution in [0.3, 0.4) is 0 Å². The minimum absolute atomic E-state index is 0.108. The molecule has 1 unspecified atom stereocenters. The number of aliphatic carboxylic acids is 1. The Balaban J connectivity index is 1.44. The smallest absolute Gasteiger partial charge is 0.416 e. The maximum Gasteiger partial charge on any atom is 0.416 e. The average molecular weight is 445 g/mol. The van der Waals surface area contributed by atoms with Gasteiger partial charge in [0.2, 0.25) is 0 Å². The van der Waals surface area contributed by atoms with E-state index in [0.29, 0.717) is 10.6 Å². The molecule has 4 aromatic rings. The Kier molecular flexibility index (Phi) is 5.11. The van der Waals surface area contributed by atoms with Crippen LogP contribution in [0.15, 0.2) is 72.8 Å². The summed E-state index contributed by atoms with van der Waals surface area (Å²) in [6.45, 7) is 1.57. The van der Waals surface area contributed by atoms with E-state index in [1.165, 1.54) is 18.3 Å². The number of hydrogen-bond acceptors (Lipinski definition) is 5. The van der Waals surface area contributed by atoms with Crippen molar-refractivity contribution >= 4 is 38.7 Å². The second-order valence-electron chi connectivity index (χ2n) is 7.65. The molecule has 1 amide bonds. The minimum atomic E-state index is -1.13. The van der Waals surface area contributed by atoms with Crippen molar-refractivity contribution in [3.05, 3.63) is 83.9 Å². The van der Waals surface area contributed by atoms with Crippen LogP contribution in [0.4, 0.5) is 9.93 Å². The van der Waals surface area contributed by atoms with Crippen LogP contribution in [0.25, 0.3) is 21.3 Å². The number of fused-ring (bicyclic) bond motifs is 4. The van der Waals surface area contributed by atoms with E-state index in [-0.39, 0.29) is 12.5 Å². The summed E-state index contributed by atoms with van der Waals surface area (Å²) in [5, 5.41) is 9.91. The van der Waals surface area contributed by atoms with E-state index in [9.17, 15) is 14.7 Å². The summed E-state index contributed by atoms with van der Waals surface area (Å²) in [5.74, 6) is -1.23. The second-order valence-corrected chi connectivity index (χ2v) is 8.66. The topological polar surface area (TPSA) is 79.7 Å². The largest absolute Gasteiger partial charge is 0.480 e. The number of nitrogens with zero attached hydrogens (tertiary/aromatic N) is 2. The SMILES string of the molecule is CC(C(=O)O)N(C(=O)OCC1c2ccccc2-c2ccccc21)c1nc2ccccc2s1. The van der Waals surface area contributed by atoms with Gasteiger partial charge in [-0.25, -0.2) is 19.5 Å². The van der Waals surface area contributed by atoms with E-state index in [4.69, 9.17) is 4.74 Å². The predicted octanol–water partition coefficient (Wildman–Crippen LogP) is 5.52. The van der Waals surface area contributed by atoms with E-state index < -0.39 is 18.1 Å². The normalized spacial score (nSPS) is 13.4. The Morgan fingerprint density at radius 2 is 1.59 bits per heavy atom. The minimum Gasteiger partial charge on any atom is -0.480 e. The van der Waals surface area contributed by atoms with Crippen LogP contribution in [0, 0.1) is 0 Å². The Hall–Kier alpha value is -3.71. The number of rotatable bonds is 5. The first-order valence-electron chi connectivity index (χ1n) is 10.3. The van der Waals surface area contributed by atoms with Crippen LogP contribution in [0.5, 0.6) is 0 Å². The van der Waals surface area contributed by atoms with Gasteiger partial charge >= 0.3 is 12.1 Å². The maximum absolute atomic E-state index is 13.2. The number of ether oxygens (including phenoxy) is 1. The molecule has 0 saturated carbocycles. The molecule has 1 heterocycles. The highest BCUT2D eigenvalue weighted by molar-refractivity contribution is 7.22. The van der Waals surface area contributed by atoms with Gasteiger partial charge in [-0.1, -0.05) is 72.0 Å². The van der Waals surface area contributed by atoms with Gasteiger partial charge in [0.15, 0.2) is 5.13 Å². The van der Waals surface area contributed by atoms with E-state index in [1.807, 2.05) is 60.7 Å². The summed E-state index contributed by atoms with van der Waals surface area (Å²) in [6.07, 6.45) is -0.721. The van der Waals surface area contributed by atoms with Gasteiger partial charge in [-0.3, -0.25) is 0 Å². The average Bonchev–Trinajstić information content (AvgIpc) is 3.37. The molecule has 7 heteroatoms. The summed E-state index contributed by atoms with van der Waals surface area (Å²) in [5.41, 5.74) is 5.16. The lowest BCUT2D eigenvalue weighted by Gasteiger charge is -2.24. The molecule has 1 N–H and O–H groups in total. The van der Waals surface area contributed by atoms with E-state index in [0.717, 1.165) is 31.9 Å². The lowest BCUT2D eigenvalue weighted by molar-refractivity contribution is -0.138. The third-order valence-electron chi connectivity index (χ3n) is 5.77. The van der Waals surface area contributed by atoms with Gasteiger partial charge in [-0.2, -0.15) is 0 Å². The lowest BCUT2D eigenvalue weighted by Crippen LogP contribution is -2.44. The van der Waals surface area contributed by atoms with Crippen LogP contribution < -0.4 is 4.90 Å². The number of carbonyl (C=O) groups is 2. The number of thiazole rings is 1. The Labute approximate surface area is 188 Å². The van der Waals surface area contributed by atoms with Crippen molar-refractivity contribution in [2.75, 3.05) is 11.5 Å². The molecule has 1 aromatic heterocycles. The lowest BCUT2D eigenvalue weighted by atomic mass is 9.98. The number of para-hydroxylation sites is 1. The number of hydrogen-bond donors (Lipinski definition) is 1. The fourth-order valence-corrected chi connectivity index (χ4v) is 5.18. The maximum atomic E-state index is 13.2. The molecule has 1 aliphatic carbocycles. The second kappa shape index (κ2) is 8.09. The van der Waals surface area contributed by atoms with Gasteiger partial charge in [0.1, 0.15) is 12.6 Å². The van der Waals surface area contributed by atoms with Crippen molar-refractivity contribution in [2.45, 2.75) is 18.9 Å². The highest BCUT2D eigenvalue weighted by Gasteiger charge is 2.34. The number of carboxylic acids is 1. The number of amides is 1. The van der Waals surface area contributed by atoms with Crippen molar-refractivity contribution in [3.63, 3.8) is 0 Å². The molecule has 32 heavy (non-hydrogen) atoms. The monoisotopic (exact) mass is 444 g/mol. The Bertz CT molecular complexity index is 1250. The number of carboxylic acid groups (broad SMARTS) is 1.